The number of anilines is 1. The second-order valence-corrected chi connectivity index (χ2v) is 4.91. The standard InChI is InChI=1S/C12H20BrN3O/c1-5-6-14-12-10(13)9(3)15-11(16-12)8(2)7-17-4/h8H,5-7H2,1-4H3,(H,14,15,16). The molecular weight excluding hydrogens is 282 g/mol. The first kappa shape index (κ1) is 14.4. The van der Waals surface area contributed by atoms with Crippen molar-refractivity contribution in [3.63, 3.8) is 0 Å². The van der Waals surface area contributed by atoms with E-state index in [1.807, 2.05) is 6.92 Å². The normalized spacial score (nSPS) is 12.5. The summed E-state index contributed by atoms with van der Waals surface area (Å²) >= 11 is 3.51. The monoisotopic (exact) mass is 301 g/mol. The molecular formula is C12H20BrN3O. The van der Waals surface area contributed by atoms with E-state index in [1.165, 1.54) is 0 Å². The molecule has 0 saturated heterocycles. The van der Waals surface area contributed by atoms with E-state index in [-0.39, 0.29) is 5.92 Å². The molecule has 0 fully saturated rings. The van der Waals surface area contributed by atoms with Crippen molar-refractivity contribution in [3.05, 3.63) is 16.0 Å². The maximum absolute atomic E-state index is 5.14. The molecule has 17 heavy (non-hydrogen) atoms. The third kappa shape index (κ3) is 3.92. The Morgan fingerprint density at radius 3 is 2.71 bits per heavy atom. The molecule has 0 aliphatic heterocycles. The van der Waals surface area contributed by atoms with Gasteiger partial charge in [-0.05, 0) is 29.3 Å². The molecule has 1 unspecified atom stereocenters. The first-order valence-electron chi connectivity index (χ1n) is 5.87. The van der Waals surface area contributed by atoms with Crippen molar-refractivity contribution in [2.24, 2.45) is 0 Å². The highest BCUT2D eigenvalue weighted by Crippen LogP contribution is 2.25. The van der Waals surface area contributed by atoms with Gasteiger partial charge in [0.25, 0.3) is 0 Å². The van der Waals surface area contributed by atoms with E-state index in [0.717, 1.165) is 34.8 Å². The molecule has 0 aliphatic carbocycles. The zero-order valence-corrected chi connectivity index (χ0v) is 12.5. The van der Waals surface area contributed by atoms with E-state index < -0.39 is 0 Å². The number of hydrogen-bond acceptors (Lipinski definition) is 4. The molecule has 0 amide bonds. The maximum atomic E-state index is 5.14. The van der Waals surface area contributed by atoms with Gasteiger partial charge in [-0.25, -0.2) is 9.97 Å². The first-order chi connectivity index (χ1) is 8.10. The van der Waals surface area contributed by atoms with Gasteiger partial charge < -0.3 is 10.1 Å². The number of rotatable bonds is 6. The molecule has 96 valence electrons. The summed E-state index contributed by atoms with van der Waals surface area (Å²) in [4.78, 5) is 9.02. The lowest BCUT2D eigenvalue weighted by atomic mass is 10.2. The molecule has 0 aromatic carbocycles. The van der Waals surface area contributed by atoms with Gasteiger partial charge in [-0.2, -0.15) is 0 Å². The highest BCUT2D eigenvalue weighted by Gasteiger charge is 2.14. The molecule has 0 bridgehead atoms. The smallest absolute Gasteiger partial charge is 0.144 e. The Bertz CT molecular complexity index is 371. The lowest BCUT2D eigenvalue weighted by molar-refractivity contribution is 0.181. The van der Waals surface area contributed by atoms with Gasteiger partial charge in [-0.15, -0.1) is 0 Å². The van der Waals surface area contributed by atoms with Crippen molar-refractivity contribution in [1.82, 2.24) is 9.97 Å². The highest BCUT2D eigenvalue weighted by molar-refractivity contribution is 9.10. The molecule has 0 spiro atoms. The molecule has 1 heterocycles. The lowest BCUT2D eigenvalue weighted by Crippen LogP contribution is -2.12. The summed E-state index contributed by atoms with van der Waals surface area (Å²) in [5, 5.41) is 3.30. The maximum Gasteiger partial charge on any atom is 0.144 e. The average Bonchev–Trinajstić information content (AvgIpc) is 2.31. The predicted molar refractivity (Wildman–Crippen MR) is 73.5 cm³/mol. The summed E-state index contributed by atoms with van der Waals surface area (Å²) in [5.74, 6) is 1.90. The van der Waals surface area contributed by atoms with Crippen LogP contribution in [-0.2, 0) is 4.74 Å². The van der Waals surface area contributed by atoms with Gasteiger partial charge in [0.2, 0.25) is 0 Å². The molecule has 1 aromatic heterocycles. The summed E-state index contributed by atoms with van der Waals surface area (Å²) in [6.45, 7) is 7.71. The molecule has 0 saturated carbocycles. The summed E-state index contributed by atoms with van der Waals surface area (Å²) in [5.41, 5.74) is 0.955. The van der Waals surface area contributed by atoms with Crippen LogP contribution in [0.1, 0.15) is 37.7 Å². The minimum absolute atomic E-state index is 0.203. The number of halogens is 1. The van der Waals surface area contributed by atoms with E-state index >= 15 is 0 Å². The minimum atomic E-state index is 0.203. The van der Waals surface area contributed by atoms with Crippen LogP contribution in [0.3, 0.4) is 0 Å². The SMILES string of the molecule is CCCNc1nc(C(C)COC)nc(C)c1Br. The van der Waals surface area contributed by atoms with Gasteiger partial charge in [0.1, 0.15) is 11.6 Å². The van der Waals surface area contributed by atoms with Crippen molar-refractivity contribution < 1.29 is 4.74 Å². The average molecular weight is 302 g/mol. The third-order valence-electron chi connectivity index (χ3n) is 2.43. The molecule has 1 atom stereocenters. The van der Waals surface area contributed by atoms with E-state index in [4.69, 9.17) is 4.74 Å². The third-order valence-corrected chi connectivity index (χ3v) is 3.38. The zero-order chi connectivity index (χ0) is 12.8. The van der Waals surface area contributed by atoms with Crippen LogP contribution in [-0.4, -0.2) is 30.2 Å². The van der Waals surface area contributed by atoms with Gasteiger partial charge in [-0.3, -0.25) is 0 Å². The second-order valence-electron chi connectivity index (χ2n) is 4.11. The van der Waals surface area contributed by atoms with Crippen molar-refractivity contribution >= 4 is 21.7 Å². The Balaban J connectivity index is 2.96. The number of ether oxygens (including phenoxy) is 1. The van der Waals surface area contributed by atoms with Crippen LogP contribution in [0.25, 0.3) is 0 Å². The Kier molecular flexibility index (Phi) is 5.85. The van der Waals surface area contributed by atoms with E-state index in [1.54, 1.807) is 7.11 Å². The van der Waals surface area contributed by atoms with Crippen LogP contribution in [0.4, 0.5) is 5.82 Å². The quantitative estimate of drug-likeness (QED) is 0.877. The lowest BCUT2D eigenvalue weighted by Gasteiger charge is -2.14. The largest absolute Gasteiger partial charge is 0.384 e. The number of methoxy groups -OCH3 is 1. The van der Waals surface area contributed by atoms with Gasteiger partial charge in [0, 0.05) is 19.6 Å². The Labute approximate surface area is 111 Å². The minimum Gasteiger partial charge on any atom is -0.384 e. The molecule has 4 nitrogen and oxygen atoms in total. The number of nitrogens with zero attached hydrogens (tertiary/aromatic N) is 2. The van der Waals surface area contributed by atoms with Gasteiger partial charge in [0.05, 0.1) is 16.8 Å². The Morgan fingerprint density at radius 1 is 1.41 bits per heavy atom. The van der Waals surface area contributed by atoms with Crippen molar-refractivity contribution in [1.29, 1.82) is 0 Å². The second kappa shape index (κ2) is 6.91. The summed E-state index contributed by atoms with van der Waals surface area (Å²) in [7, 11) is 1.69. The molecule has 0 radical (unpaired) electrons. The molecule has 0 aliphatic rings. The summed E-state index contributed by atoms with van der Waals surface area (Å²) < 4.78 is 6.08. The number of aromatic nitrogens is 2. The zero-order valence-electron chi connectivity index (χ0n) is 10.9. The topological polar surface area (TPSA) is 47.0 Å². The van der Waals surface area contributed by atoms with Crippen LogP contribution in [0.15, 0.2) is 4.47 Å². The first-order valence-corrected chi connectivity index (χ1v) is 6.66. The molecule has 1 N–H and O–H groups in total. The fourth-order valence-electron chi connectivity index (χ4n) is 1.49. The summed E-state index contributed by atoms with van der Waals surface area (Å²) in [6.07, 6.45) is 1.07. The van der Waals surface area contributed by atoms with Crippen molar-refractivity contribution in [3.8, 4) is 0 Å². The highest BCUT2D eigenvalue weighted by atomic mass is 79.9. The fraction of sp³-hybridized carbons (Fsp3) is 0.667. The van der Waals surface area contributed by atoms with Crippen molar-refractivity contribution in [2.75, 3.05) is 25.6 Å². The Morgan fingerprint density at radius 2 is 2.12 bits per heavy atom. The summed E-state index contributed by atoms with van der Waals surface area (Å²) in [6, 6.07) is 0. The number of hydrogen-bond donors (Lipinski definition) is 1. The van der Waals surface area contributed by atoms with Gasteiger partial charge >= 0.3 is 0 Å². The molecule has 1 aromatic rings. The molecule has 5 heteroatoms. The fourth-order valence-corrected chi connectivity index (χ4v) is 1.80. The van der Waals surface area contributed by atoms with Crippen LogP contribution < -0.4 is 5.32 Å². The molecule has 1 rings (SSSR count). The van der Waals surface area contributed by atoms with Crippen LogP contribution >= 0.6 is 15.9 Å². The van der Waals surface area contributed by atoms with Crippen LogP contribution in [0, 0.1) is 6.92 Å². The van der Waals surface area contributed by atoms with Gasteiger partial charge in [-0.1, -0.05) is 13.8 Å². The van der Waals surface area contributed by atoms with E-state index in [0.29, 0.717) is 6.61 Å². The number of aryl methyl sites for hydroxylation is 1. The predicted octanol–water partition coefficient (Wildman–Crippen LogP) is 3.12. The van der Waals surface area contributed by atoms with Gasteiger partial charge in [0.15, 0.2) is 0 Å². The van der Waals surface area contributed by atoms with Crippen molar-refractivity contribution in [2.45, 2.75) is 33.1 Å². The Hall–Kier alpha value is -0.680. The van der Waals surface area contributed by atoms with E-state index in [9.17, 15) is 0 Å². The van der Waals surface area contributed by atoms with Crippen LogP contribution in [0.2, 0.25) is 0 Å². The van der Waals surface area contributed by atoms with E-state index in [2.05, 4.69) is 45.1 Å². The van der Waals surface area contributed by atoms with Crippen LogP contribution in [0.5, 0.6) is 0 Å². The number of nitrogens with one attached hydrogen (secondary N) is 1.